The number of pyridine rings is 1. The number of amides is 1. The van der Waals surface area contributed by atoms with E-state index in [1.807, 2.05) is 25.3 Å². The summed E-state index contributed by atoms with van der Waals surface area (Å²) < 4.78 is 2.29. The van der Waals surface area contributed by atoms with Gasteiger partial charge in [0, 0.05) is 41.6 Å². The molecule has 1 amide bonds. The zero-order chi connectivity index (χ0) is 23.2. The molecule has 174 valence electrons. The second kappa shape index (κ2) is 10.9. The fourth-order valence-corrected chi connectivity index (χ4v) is 5.16. The summed E-state index contributed by atoms with van der Waals surface area (Å²) in [5.74, 6) is 0.0102. The molecule has 0 saturated heterocycles. The minimum atomic E-state index is 0.0102. The van der Waals surface area contributed by atoms with Crippen LogP contribution < -0.4 is 5.32 Å². The highest BCUT2D eigenvalue weighted by Gasteiger charge is 2.20. The Morgan fingerprint density at radius 1 is 1.24 bits per heavy atom. The number of unbranched alkanes of at least 4 members (excludes halogenated alkanes) is 1. The molecule has 3 heterocycles. The monoisotopic (exact) mass is 462 g/mol. The average molecular weight is 463 g/mol. The number of hydrogen-bond donors (Lipinski definition) is 1. The van der Waals surface area contributed by atoms with Gasteiger partial charge in [-0.15, -0.1) is 11.3 Å². The Morgan fingerprint density at radius 3 is 2.85 bits per heavy atom. The van der Waals surface area contributed by atoms with Crippen molar-refractivity contribution in [2.24, 2.45) is 0 Å². The number of thiazole rings is 1. The van der Waals surface area contributed by atoms with E-state index in [0.29, 0.717) is 6.54 Å². The van der Waals surface area contributed by atoms with Gasteiger partial charge in [-0.05, 0) is 70.6 Å². The quantitative estimate of drug-likeness (QED) is 0.284. The van der Waals surface area contributed by atoms with Gasteiger partial charge in [0.25, 0.3) is 5.91 Å². The summed E-state index contributed by atoms with van der Waals surface area (Å²) in [6, 6.07) is 6.11. The lowest BCUT2D eigenvalue weighted by molar-refractivity contribution is 0.0952. The molecule has 33 heavy (non-hydrogen) atoms. The second-order valence-corrected chi connectivity index (χ2v) is 9.73. The van der Waals surface area contributed by atoms with Crippen LogP contribution in [0.5, 0.6) is 0 Å². The average Bonchev–Trinajstić information content (AvgIpc) is 3.44. The summed E-state index contributed by atoms with van der Waals surface area (Å²) in [5, 5.41) is 6.13. The van der Waals surface area contributed by atoms with Crippen molar-refractivity contribution >= 4 is 17.2 Å². The molecule has 0 bridgehead atoms. The maximum atomic E-state index is 12.9. The van der Waals surface area contributed by atoms with Gasteiger partial charge >= 0.3 is 0 Å². The summed E-state index contributed by atoms with van der Waals surface area (Å²) in [7, 11) is 0. The standard InChI is InChI=1S/C27H34N4OS/c1-4-5-14-28-26(32)23-16-25(31(20(23)3)15-13-21-9-7-6-8-10-21)24-18-33-27(30-24)22-12-11-19(2)29-17-22/h9,11-12,16-18H,4-8,10,13-15H2,1-3H3,(H,28,32). The van der Waals surface area contributed by atoms with Gasteiger partial charge in [-0.2, -0.15) is 0 Å². The topological polar surface area (TPSA) is 59.8 Å². The molecular formula is C27H34N4OS. The molecular weight excluding hydrogens is 428 g/mol. The summed E-state index contributed by atoms with van der Waals surface area (Å²) >= 11 is 1.62. The first-order valence-electron chi connectivity index (χ1n) is 12.1. The third-order valence-electron chi connectivity index (χ3n) is 6.39. The van der Waals surface area contributed by atoms with Crippen LogP contribution in [0.1, 0.15) is 73.6 Å². The van der Waals surface area contributed by atoms with Crippen molar-refractivity contribution in [1.29, 1.82) is 0 Å². The zero-order valence-corrected chi connectivity index (χ0v) is 20.8. The summed E-state index contributed by atoms with van der Waals surface area (Å²) in [6.45, 7) is 7.76. The van der Waals surface area contributed by atoms with Gasteiger partial charge in [0.2, 0.25) is 0 Å². The van der Waals surface area contributed by atoms with Gasteiger partial charge in [-0.3, -0.25) is 9.78 Å². The number of carbonyl (C=O) groups is 1. The van der Waals surface area contributed by atoms with E-state index in [-0.39, 0.29) is 5.91 Å². The highest BCUT2D eigenvalue weighted by Crippen LogP contribution is 2.32. The lowest BCUT2D eigenvalue weighted by Crippen LogP contribution is -2.24. The van der Waals surface area contributed by atoms with Crippen molar-refractivity contribution in [2.75, 3.05) is 6.54 Å². The molecule has 1 aliphatic rings. The molecule has 1 N–H and O–H groups in total. The van der Waals surface area contributed by atoms with Gasteiger partial charge in [0.1, 0.15) is 5.01 Å². The zero-order valence-electron chi connectivity index (χ0n) is 20.0. The molecule has 5 nitrogen and oxygen atoms in total. The van der Waals surface area contributed by atoms with E-state index in [1.165, 1.54) is 25.7 Å². The van der Waals surface area contributed by atoms with Crippen LogP contribution in [0.2, 0.25) is 0 Å². The van der Waals surface area contributed by atoms with Crippen molar-refractivity contribution in [3.05, 3.63) is 58.4 Å². The fourth-order valence-electron chi connectivity index (χ4n) is 4.35. The SMILES string of the molecule is CCCCNC(=O)c1cc(-c2csc(-c3ccc(C)nc3)n2)n(CCC2=CCCCC2)c1C. The van der Waals surface area contributed by atoms with Crippen LogP contribution in [-0.4, -0.2) is 27.0 Å². The molecule has 0 unspecified atom stereocenters. The van der Waals surface area contributed by atoms with Crippen LogP contribution in [0.15, 0.2) is 41.4 Å². The second-order valence-electron chi connectivity index (χ2n) is 8.87. The van der Waals surface area contributed by atoms with Gasteiger partial charge in [-0.1, -0.05) is 25.0 Å². The fraction of sp³-hybridized carbons (Fsp3) is 0.444. The summed E-state index contributed by atoms with van der Waals surface area (Å²) in [6.07, 6.45) is 12.3. The Hall–Kier alpha value is -2.73. The van der Waals surface area contributed by atoms with E-state index in [4.69, 9.17) is 4.98 Å². The Morgan fingerprint density at radius 2 is 2.12 bits per heavy atom. The number of carbonyl (C=O) groups excluding carboxylic acids is 1. The molecule has 0 saturated carbocycles. The van der Waals surface area contributed by atoms with Gasteiger partial charge in [-0.25, -0.2) is 4.98 Å². The summed E-state index contributed by atoms with van der Waals surface area (Å²) in [5.41, 5.74) is 7.27. The van der Waals surface area contributed by atoms with E-state index in [1.54, 1.807) is 16.9 Å². The smallest absolute Gasteiger partial charge is 0.253 e. The molecule has 1 aliphatic carbocycles. The van der Waals surface area contributed by atoms with E-state index in [0.717, 1.165) is 64.7 Å². The van der Waals surface area contributed by atoms with Crippen molar-refractivity contribution < 1.29 is 4.79 Å². The van der Waals surface area contributed by atoms with Crippen LogP contribution in [0.3, 0.4) is 0 Å². The van der Waals surface area contributed by atoms with E-state index in [2.05, 4.69) is 46.2 Å². The molecule has 0 aromatic carbocycles. The third-order valence-corrected chi connectivity index (χ3v) is 7.28. The molecule has 0 fully saturated rings. The number of aryl methyl sites for hydroxylation is 1. The van der Waals surface area contributed by atoms with E-state index >= 15 is 0 Å². The molecule has 4 rings (SSSR count). The Balaban J connectivity index is 1.64. The van der Waals surface area contributed by atoms with Crippen LogP contribution in [-0.2, 0) is 6.54 Å². The van der Waals surface area contributed by atoms with Crippen LogP contribution in [0.4, 0.5) is 0 Å². The highest BCUT2D eigenvalue weighted by molar-refractivity contribution is 7.13. The number of nitrogens with zero attached hydrogens (tertiary/aromatic N) is 3. The van der Waals surface area contributed by atoms with Crippen molar-refractivity contribution in [1.82, 2.24) is 19.9 Å². The first-order chi connectivity index (χ1) is 16.1. The van der Waals surface area contributed by atoms with Crippen molar-refractivity contribution in [3.63, 3.8) is 0 Å². The third kappa shape index (κ3) is 5.61. The van der Waals surface area contributed by atoms with Gasteiger partial charge in [0.05, 0.1) is 17.0 Å². The normalized spacial score (nSPS) is 13.7. The number of nitrogens with one attached hydrogen (secondary N) is 1. The Labute approximate surface area is 201 Å². The minimum absolute atomic E-state index is 0.0102. The molecule has 6 heteroatoms. The molecule has 0 atom stereocenters. The minimum Gasteiger partial charge on any atom is -0.352 e. The molecule has 0 spiro atoms. The number of aromatic nitrogens is 3. The number of allylic oxidation sites excluding steroid dienone is 2. The van der Waals surface area contributed by atoms with Gasteiger partial charge < -0.3 is 9.88 Å². The van der Waals surface area contributed by atoms with Crippen LogP contribution >= 0.6 is 11.3 Å². The first kappa shape index (κ1) is 23.4. The van der Waals surface area contributed by atoms with Crippen LogP contribution in [0, 0.1) is 13.8 Å². The van der Waals surface area contributed by atoms with E-state index < -0.39 is 0 Å². The number of rotatable bonds is 9. The Kier molecular flexibility index (Phi) is 7.76. The number of hydrogen-bond acceptors (Lipinski definition) is 4. The predicted molar refractivity (Wildman–Crippen MR) is 137 cm³/mol. The highest BCUT2D eigenvalue weighted by atomic mass is 32.1. The largest absolute Gasteiger partial charge is 0.352 e. The van der Waals surface area contributed by atoms with Crippen LogP contribution in [0.25, 0.3) is 22.0 Å². The van der Waals surface area contributed by atoms with Gasteiger partial charge in [0.15, 0.2) is 0 Å². The Bertz CT molecular complexity index is 1120. The molecule has 0 radical (unpaired) electrons. The summed E-state index contributed by atoms with van der Waals surface area (Å²) in [4.78, 5) is 22.3. The molecule has 3 aromatic heterocycles. The van der Waals surface area contributed by atoms with Crippen molar-refractivity contribution in [3.8, 4) is 22.0 Å². The maximum Gasteiger partial charge on any atom is 0.253 e. The molecule has 0 aliphatic heterocycles. The predicted octanol–water partition coefficient (Wildman–Crippen LogP) is 6.71. The lowest BCUT2D eigenvalue weighted by atomic mass is 9.97. The first-order valence-corrected chi connectivity index (χ1v) is 13.0. The lowest BCUT2D eigenvalue weighted by Gasteiger charge is -2.15. The van der Waals surface area contributed by atoms with E-state index in [9.17, 15) is 4.79 Å². The maximum absolute atomic E-state index is 12.9. The van der Waals surface area contributed by atoms with Crippen molar-refractivity contribution in [2.45, 2.75) is 72.3 Å². The molecule has 3 aromatic rings.